The largest absolute Gasteiger partial charge is 0.331 e. The van der Waals surface area contributed by atoms with Gasteiger partial charge in [-0.15, -0.1) is 0 Å². The Hall–Kier alpha value is -0.770. The van der Waals surface area contributed by atoms with E-state index in [-0.39, 0.29) is 6.03 Å². The van der Waals surface area contributed by atoms with Crippen molar-refractivity contribution in [1.29, 1.82) is 0 Å². The van der Waals surface area contributed by atoms with Crippen molar-refractivity contribution in [3.05, 3.63) is 0 Å². The second kappa shape index (κ2) is 6.84. The first kappa shape index (κ1) is 14.3. The number of amides is 2. The predicted octanol–water partition coefficient (Wildman–Crippen LogP) is 1.77. The van der Waals surface area contributed by atoms with Gasteiger partial charge in [0.05, 0.1) is 0 Å². The summed E-state index contributed by atoms with van der Waals surface area (Å²) in [5.74, 6) is 0.747. The molecular formula is C13H27N3O. The number of urea groups is 1. The number of carbonyl (C=O) groups is 1. The highest BCUT2D eigenvalue weighted by atomic mass is 16.2. The molecule has 1 unspecified atom stereocenters. The molecule has 0 aliphatic carbocycles. The number of nitrogens with zero attached hydrogens (tertiary/aromatic N) is 2. The maximum atomic E-state index is 11.7. The predicted molar refractivity (Wildman–Crippen MR) is 71.1 cm³/mol. The lowest BCUT2D eigenvalue weighted by atomic mass is 10.0. The lowest BCUT2D eigenvalue weighted by Crippen LogP contribution is -2.48. The zero-order valence-corrected chi connectivity index (χ0v) is 11.7. The van der Waals surface area contributed by atoms with Crippen LogP contribution >= 0.6 is 0 Å². The van der Waals surface area contributed by atoms with E-state index >= 15 is 0 Å². The highest BCUT2D eigenvalue weighted by molar-refractivity contribution is 5.73. The normalized spacial score (nSPS) is 19.2. The van der Waals surface area contributed by atoms with Crippen molar-refractivity contribution < 1.29 is 4.79 Å². The number of rotatable bonds is 4. The van der Waals surface area contributed by atoms with Crippen LogP contribution in [0.2, 0.25) is 0 Å². The summed E-state index contributed by atoms with van der Waals surface area (Å²) in [5.41, 5.74) is 0. The number of carbonyl (C=O) groups excluding carboxylic acids is 1. The third-order valence-corrected chi connectivity index (χ3v) is 3.60. The Balaban J connectivity index is 2.24. The van der Waals surface area contributed by atoms with Gasteiger partial charge in [0, 0.05) is 33.2 Å². The van der Waals surface area contributed by atoms with Crippen molar-refractivity contribution in [2.24, 2.45) is 5.92 Å². The zero-order valence-electron chi connectivity index (χ0n) is 11.7. The van der Waals surface area contributed by atoms with Crippen LogP contribution in [0, 0.1) is 5.92 Å². The molecule has 0 aromatic carbocycles. The quantitative estimate of drug-likeness (QED) is 0.814. The molecule has 1 rings (SSSR count). The van der Waals surface area contributed by atoms with Crippen LogP contribution in [0.5, 0.6) is 0 Å². The van der Waals surface area contributed by atoms with E-state index in [1.165, 1.54) is 6.42 Å². The average molecular weight is 241 g/mol. The molecule has 1 heterocycles. The first-order chi connectivity index (χ1) is 8.04. The molecule has 0 aromatic heterocycles. The van der Waals surface area contributed by atoms with Crippen LogP contribution in [0.25, 0.3) is 0 Å². The van der Waals surface area contributed by atoms with Gasteiger partial charge in [0.15, 0.2) is 0 Å². The van der Waals surface area contributed by atoms with Gasteiger partial charge >= 0.3 is 6.03 Å². The topological polar surface area (TPSA) is 35.6 Å². The maximum Gasteiger partial charge on any atom is 0.319 e. The third-order valence-electron chi connectivity index (χ3n) is 3.60. The first-order valence-corrected chi connectivity index (χ1v) is 6.74. The molecule has 1 aliphatic rings. The molecule has 1 fully saturated rings. The van der Waals surface area contributed by atoms with Crippen molar-refractivity contribution in [1.82, 2.24) is 15.1 Å². The van der Waals surface area contributed by atoms with Crippen molar-refractivity contribution in [2.75, 3.05) is 33.7 Å². The summed E-state index contributed by atoms with van der Waals surface area (Å²) in [5, 5.41) is 3.61. The Morgan fingerprint density at radius 3 is 2.47 bits per heavy atom. The van der Waals surface area contributed by atoms with Gasteiger partial charge in [0.1, 0.15) is 0 Å². The number of piperidine rings is 1. The lowest BCUT2D eigenvalue weighted by Gasteiger charge is -2.34. The van der Waals surface area contributed by atoms with Gasteiger partial charge in [-0.05, 0) is 25.3 Å². The second-order valence-corrected chi connectivity index (χ2v) is 5.36. The summed E-state index contributed by atoms with van der Waals surface area (Å²) in [6.07, 6.45) is 3.39. The van der Waals surface area contributed by atoms with Crippen LogP contribution in [-0.2, 0) is 0 Å². The van der Waals surface area contributed by atoms with Gasteiger partial charge in [-0.25, -0.2) is 4.79 Å². The Bertz CT molecular complexity index is 235. The number of likely N-dealkylation sites (tertiary alicyclic amines) is 1. The number of hydrogen-bond donors (Lipinski definition) is 1. The Morgan fingerprint density at radius 2 is 2.00 bits per heavy atom. The van der Waals surface area contributed by atoms with E-state index in [0.29, 0.717) is 6.04 Å². The van der Waals surface area contributed by atoms with E-state index in [1.807, 2.05) is 19.0 Å². The SMILES string of the molecule is CCC(C)CNC1CCN(C(=O)N(C)C)CC1. The van der Waals surface area contributed by atoms with Crippen LogP contribution in [0.1, 0.15) is 33.1 Å². The van der Waals surface area contributed by atoms with Gasteiger partial charge in [0.2, 0.25) is 0 Å². The van der Waals surface area contributed by atoms with Gasteiger partial charge < -0.3 is 15.1 Å². The molecule has 100 valence electrons. The first-order valence-electron chi connectivity index (χ1n) is 6.74. The molecule has 1 N–H and O–H groups in total. The molecule has 1 aliphatic heterocycles. The number of nitrogens with one attached hydrogen (secondary N) is 1. The van der Waals surface area contributed by atoms with Crippen LogP contribution in [0.4, 0.5) is 4.79 Å². The molecule has 4 nitrogen and oxygen atoms in total. The fraction of sp³-hybridized carbons (Fsp3) is 0.923. The van der Waals surface area contributed by atoms with Crippen LogP contribution in [0.3, 0.4) is 0 Å². The lowest BCUT2D eigenvalue weighted by molar-refractivity contribution is 0.152. The van der Waals surface area contributed by atoms with E-state index in [4.69, 9.17) is 0 Å². The third kappa shape index (κ3) is 4.54. The van der Waals surface area contributed by atoms with Gasteiger partial charge in [-0.1, -0.05) is 20.3 Å². The summed E-state index contributed by atoms with van der Waals surface area (Å²) in [6.45, 7) is 7.37. The zero-order chi connectivity index (χ0) is 12.8. The van der Waals surface area contributed by atoms with Gasteiger partial charge in [-0.2, -0.15) is 0 Å². The highest BCUT2D eigenvalue weighted by Crippen LogP contribution is 2.12. The van der Waals surface area contributed by atoms with Crippen molar-refractivity contribution in [3.63, 3.8) is 0 Å². The van der Waals surface area contributed by atoms with E-state index in [1.54, 1.807) is 4.90 Å². The Morgan fingerprint density at radius 1 is 1.41 bits per heavy atom. The molecule has 0 radical (unpaired) electrons. The minimum Gasteiger partial charge on any atom is -0.331 e. The Kier molecular flexibility index (Phi) is 5.75. The van der Waals surface area contributed by atoms with E-state index in [2.05, 4.69) is 19.2 Å². The van der Waals surface area contributed by atoms with E-state index in [0.717, 1.165) is 38.4 Å². The standard InChI is InChI=1S/C13H27N3O/c1-5-11(2)10-14-12-6-8-16(9-7-12)13(17)15(3)4/h11-12,14H,5-10H2,1-4H3. The summed E-state index contributed by atoms with van der Waals surface area (Å²) in [6, 6.07) is 0.737. The molecule has 0 aromatic rings. The molecule has 1 atom stereocenters. The van der Waals surface area contributed by atoms with Crippen LogP contribution in [-0.4, -0.2) is 55.6 Å². The maximum absolute atomic E-state index is 11.7. The summed E-state index contributed by atoms with van der Waals surface area (Å²) in [7, 11) is 3.63. The molecule has 0 spiro atoms. The van der Waals surface area contributed by atoms with E-state index in [9.17, 15) is 4.79 Å². The molecule has 0 bridgehead atoms. The monoisotopic (exact) mass is 241 g/mol. The minimum atomic E-state index is 0.144. The molecule has 0 saturated carbocycles. The van der Waals surface area contributed by atoms with Crippen molar-refractivity contribution in [3.8, 4) is 0 Å². The molecule has 17 heavy (non-hydrogen) atoms. The summed E-state index contributed by atoms with van der Waals surface area (Å²) < 4.78 is 0. The van der Waals surface area contributed by atoms with Crippen LogP contribution in [0.15, 0.2) is 0 Å². The Labute approximate surface area is 105 Å². The van der Waals surface area contributed by atoms with Gasteiger partial charge in [-0.3, -0.25) is 0 Å². The summed E-state index contributed by atoms with van der Waals surface area (Å²) in [4.78, 5) is 15.4. The van der Waals surface area contributed by atoms with E-state index < -0.39 is 0 Å². The molecule has 4 heteroatoms. The van der Waals surface area contributed by atoms with Crippen LogP contribution < -0.4 is 5.32 Å². The molecule has 2 amide bonds. The molecule has 1 saturated heterocycles. The highest BCUT2D eigenvalue weighted by Gasteiger charge is 2.23. The minimum absolute atomic E-state index is 0.144. The fourth-order valence-corrected chi connectivity index (χ4v) is 2.07. The second-order valence-electron chi connectivity index (χ2n) is 5.36. The summed E-state index contributed by atoms with van der Waals surface area (Å²) >= 11 is 0. The molecular weight excluding hydrogens is 214 g/mol. The van der Waals surface area contributed by atoms with Crippen molar-refractivity contribution in [2.45, 2.75) is 39.2 Å². The van der Waals surface area contributed by atoms with Crippen molar-refractivity contribution >= 4 is 6.03 Å². The average Bonchev–Trinajstić information content (AvgIpc) is 2.35. The van der Waals surface area contributed by atoms with Gasteiger partial charge in [0.25, 0.3) is 0 Å². The number of hydrogen-bond acceptors (Lipinski definition) is 2. The fourth-order valence-electron chi connectivity index (χ4n) is 2.07. The smallest absolute Gasteiger partial charge is 0.319 e.